The highest BCUT2D eigenvalue weighted by Gasteiger charge is 2.10. The predicted octanol–water partition coefficient (Wildman–Crippen LogP) is 0.133. The first-order valence-electron chi connectivity index (χ1n) is 6.04. The van der Waals surface area contributed by atoms with E-state index in [2.05, 4.69) is 15.0 Å². The second kappa shape index (κ2) is 8.02. The fourth-order valence-corrected chi connectivity index (χ4v) is 2.54. The zero-order valence-electron chi connectivity index (χ0n) is 11.0. The first-order chi connectivity index (χ1) is 9.78. The molecule has 1 amide bonds. The summed E-state index contributed by atoms with van der Waals surface area (Å²) in [5.74, 6) is -1.41. The SMILES string of the molecule is NS(=O)(=O)NCCCCCC(=O)Nc1nc(C(=O)O)cs1. The van der Waals surface area contributed by atoms with Crippen LogP contribution in [-0.4, -0.2) is 36.9 Å². The van der Waals surface area contributed by atoms with Gasteiger partial charge >= 0.3 is 5.97 Å². The van der Waals surface area contributed by atoms with Gasteiger partial charge in [0.25, 0.3) is 10.2 Å². The van der Waals surface area contributed by atoms with E-state index < -0.39 is 16.2 Å². The van der Waals surface area contributed by atoms with E-state index in [0.717, 1.165) is 11.3 Å². The minimum absolute atomic E-state index is 0.107. The Labute approximate surface area is 125 Å². The van der Waals surface area contributed by atoms with E-state index in [0.29, 0.717) is 19.3 Å². The van der Waals surface area contributed by atoms with Crippen LogP contribution in [0.25, 0.3) is 0 Å². The molecule has 0 atom stereocenters. The molecule has 1 aromatic rings. The van der Waals surface area contributed by atoms with E-state index in [1.165, 1.54) is 5.38 Å². The van der Waals surface area contributed by atoms with E-state index >= 15 is 0 Å². The van der Waals surface area contributed by atoms with Crippen LogP contribution in [0.4, 0.5) is 5.13 Å². The van der Waals surface area contributed by atoms with E-state index in [-0.39, 0.29) is 29.7 Å². The summed E-state index contributed by atoms with van der Waals surface area (Å²) < 4.78 is 23.3. The number of nitrogens with one attached hydrogen (secondary N) is 2. The largest absolute Gasteiger partial charge is 0.476 e. The molecule has 0 aromatic carbocycles. The molecule has 0 aliphatic heterocycles. The molecule has 0 unspecified atom stereocenters. The Morgan fingerprint density at radius 3 is 2.62 bits per heavy atom. The molecule has 0 fully saturated rings. The van der Waals surface area contributed by atoms with Gasteiger partial charge in [-0.25, -0.2) is 19.6 Å². The number of carboxylic acids is 1. The van der Waals surface area contributed by atoms with Crippen LogP contribution in [0.15, 0.2) is 5.38 Å². The van der Waals surface area contributed by atoms with Crippen LogP contribution in [0.5, 0.6) is 0 Å². The smallest absolute Gasteiger partial charge is 0.355 e. The van der Waals surface area contributed by atoms with Gasteiger partial charge in [0.15, 0.2) is 10.8 Å². The van der Waals surface area contributed by atoms with Gasteiger partial charge in [0, 0.05) is 18.3 Å². The third-order valence-corrected chi connectivity index (χ3v) is 3.72. The Morgan fingerprint density at radius 1 is 1.33 bits per heavy atom. The molecule has 118 valence electrons. The monoisotopic (exact) mass is 336 g/mol. The first-order valence-corrected chi connectivity index (χ1v) is 8.46. The van der Waals surface area contributed by atoms with Crippen LogP contribution in [-0.2, 0) is 15.0 Å². The maximum absolute atomic E-state index is 11.6. The number of aromatic carboxylic acids is 1. The van der Waals surface area contributed by atoms with Crippen molar-refractivity contribution in [2.24, 2.45) is 5.14 Å². The molecule has 0 saturated carbocycles. The standard InChI is InChI=1S/C10H16N4O5S2/c11-21(18,19)12-5-3-1-2-4-8(15)14-10-13-7(6-20-10)9(16)17/h6,12H,1-5H2,(H,16,17)(H2,11,18,19)(H,13,14,15). The van der Waals surface area contributed by atoms with Gasteiger partial charge < -0.3 is 10.4 Å². The second-order valence-corrected chi connectivity index (χ2v) is 6.38. The van der Waals surface area contributed by atoms with Crippen LogP contribution in [0.1, 0.15) is 36.2 Å². The Hall–Kier alpha value is -1.56. The summed E-state index contributed by atoms with van der Waals surface area (Å²) >= 11 is 1.04. The second-order valence-electron chi connectivity index (χ2n) is 4.14. The number of anilines is 1. The van der Waals surface area contributed by atoms with Crippen molar-refractivity contribution >= 4 is 38.6 Å². The molecule has 1 rings (SSSR count). The fourth-order valence-electron chi connectivity index (χ4n) is 1.41. The van der Waals surface area contributed by atoms with Crippen LogP contribution in [0.2, 0.25) is 0 Å². The van der Waals surface area contributed by atoms with Gasteiger partial charge in [0.2, 0.25) is 5.91 Å². The number of amides is 1. The highest BCUT2D eigenvalue weighted by atomic mass is 32.2. The molecule has 11 heteroatoms. The van der Waals surface area contributed by atoms with Crippen LogP contribution in [0, 0.1) is 0 Å². The molecule has 9 nitrogen and oxygen atoms in total. The van der Waals surface area contributed by atoms with Gasteiger partial charge in [-0.3, -0.25) is 4.79 Å². The van der Waals surface area contributed by atoms with E-state index in [4.69, 9.17) is 10.2 Å². The third-order valence-electron chi connectivity index (χ3n) is 2.35. The maximum atomic E-state index is 11.6. The van der Waals surface area contributed by atoms with Crippen molar-refractivity contribution < 1.29 is 23.1 Å². The minimum atomic E-state index is -3.66. The number of hydrogen-bond donors (Lipinski definition) is 4. The molecule has 0 spiro atoms. The van der Waals surface area contributed by atoms with E-state index in [9.17, 15) is 18.0 Å². The average molecular weight is 336 g/mol. The average Bonchev–Trinajstić information content (AvgIpc) is 2.81. The minimum Gasteiger partial charge on any atom is -0.476 e. The Balaban J connectivity index is 2.18. The number of unbranched alkanes of at least 4 members (excludes halogenated alkanes) is 2. The number of carbonyl (C=O) groups excluding carboxylic acids is 1. The summed E-state index contributed by atoms with van der Waals surface area (Å²) in [7, 11) is -3.66. The molecule has 0 aliphatic rings. The highest BCUT2D eigenvalue weighted by molar-refractivity contribution is 7.87. The van der Waals surface area contributed by atoms with Crippen LogP contribution < -0.4 is 15.2 Å². The molecule has 1 aromatic heterocycles. The van der Waals surface area contributed by atoms with Gasteiger partial charge in [0.05, 0.1) is 0 Å². The molecule has 5 N–H and O–H groups in total. The summed E-state index contributed by atoms with van der Waals surface area (Å²) in [5, 5.41) is 17.5. The van der Waals surface area contributed by atoms with E-state index in [1.54, 1.807) is 0 Å². The number of carbonyl (C=O) groups is 2. The summed E-state index contributed by atoms with van der Waals surface area (Å²) in [5.41, 5.74) is -0.107. The van der Waals surface area contributed by atoms with Crippen LogP contribution >= 0.6 is 11.3 Å². The lowest BCUT2D eigenvalue weighted by molar-refractivity contribution is -0.116. The summed E-state index contributed by atoms with van der Waals surface area (Å²) in [4.78, 5) is 25.9. The molecular weight excluding hydrogens is 320 g/mol. The number of thiazole rings is 1. The molecule has 0 radical (unpaired) electrons. The van der Waals surface area contributed by atoms with Gasteiger partial charge in [-0.15, -0.1) is 11.3 Å². The van der Waals surface area contributed by atoms with Gasteiger partial charge in [-0.05, 0) is 12.8 Å². The third kappa shape index (κ3) is 7.70. The maximum Gasteiger partial charge on any atom is 0.355 e. The normalized spacial score (nSPS) is 11.3. The lowest BCUT2D eigenvalue weighted by atomic mass is 10.2. The van der Waals surface area contributed by atoms with Gasteiger partial charge in [-0.1, -0.05) is 6.42 Å². The molecule has 0 bridgehead atoms. The van der Waals surface area contributed by atoms with Gasteiger partial charge in [-0.2, -0.15) is 8.42 Å². The topological polar surface area (TPSA) is 151 Å². The number of carboxylic acid groups (broad SMARTS) is 1. The highest BCUT2D eigenvalue weighted by Crippen LogP contribution is 2.15. The number of nitrogens with zero attached hydrogens (tertiary/aromatic N) is 1. The molecule has 21 heavy (non-hydrogen) atoms. The summed E-state index contributed by atoms with van der Waals surface area (Å²) in [6, 6.07) is 0. The lowest BCUT2D eigenvalue weighted by Gasteiger charge is -2.03. The van der Waals surface area contributed by atoms with Crippen molar-refractivity contribution in [2.45, 2.75) is 25.7 Å². The Kier molecular flexibility index (Phi) is 6.68. The fraction of sp³-hybridized carbons (Fsp3) is 0.500. The zero-order valence-corrected chi connectivity index (χ0v) is 12.7. The summed E-state index contributed by atoms with van der Waals surface area (Å²) in [6.07, 6.45) is 2.06. The molecular formula is C10H16N4O5S2. The quantitative estimate of drug-likeness (QED) is 0.470. The van der Waals surface area contributed by atoms with Crippen molar-refractivity contribution in [1.29, 1.82) is 0 Å². The van der Waals surface area contributed by atoms with Crippen LogP contribution in [0.3, 0.4) is 0 Å². The summed E-state index contributed by atoms with van der Waals surface area (Å²) in [6.45, 7) is 0.231. The van der Waals surface area contributed by atoms with Crippen molar-refractivity contribution in [3.63, 3.8) is 0 Å². The predicted molar refractivity (Wildman–Crippen MR) is 77.3 cm³/mol. The Morgan fingerprint density at radius 2 is 2.05 bits per heavy atom. The zero-order chi connectivity index (χ0) is 15.9. The van der Waals surface area contributed by atoms with E-state index in [1.807, 2.05) is 0 Å². The number of rotatable bonds is 9. The number of hydrogen-bond acceptors (Lipinski definition) is 6. The van der Waals surface area contributed by atoms with Crippen molar-refractivity contribution in [1.82, 2.24) is 9.71 Å². The Bertz CT molecular complexity index is 598. The van der Waals surface area contributed by atoms with Gasteiger partial charge in [0.1, 0.15) is 0 Å². The van der Waals surface area contributed by atoms with Crippen molar-refractivity contribution in [2.75, 3.05) is 11.9 Å². The number of nitrogens with two attached hydrogens (primary N) is 1. The van der Waals surface area contributed by atoms with Crippen molar-refractivity contribution in [3.8, 4) is 0 Å². The molecule has 1 heterocycles. The molecule has 0 aliphatic carbocycles. The first kappa shape index (κ1) is 17.5. The number of aromatic nitrogens is 1. The van der Waals surface area contributed by atoms with Crippen molar-refractivity contribution in [3.05, 3.63) is 11.1 Å². The lowest BCUT2D eigenvalue weighted by Crippen LogP contribution is -2.31. The molecule has 0 saturated heterocycles.